The van der Waals surface area contributed by atoms with E-state index in [0.717, 1.165) is 35.3 Å². The summed E-state index contributed by atoms with van der Waals surface area (Å²) in [4.78, 5) is 0. The average molecular weight is 349 g/mol. The summed E-state index contributed by atoms with van der Waals surface area (Å²) >= 11 is 3.60. The first-order chi connectivity index (χ1) is 10.2. The number of halogens is 1. The van der Waals surface area contributed by atoms with Crippen molar-refractivity contribution in [2.45, 2.75) is 44.9 Å². The van der Waals surface area contributed by atoms with Crippen LogP contribution in [0.2, 0.25) is 0 Å². The smallest absolute Gasteiger partial charge is 0.122 e. The van der Waals surface area contributed by atoms with Gasteiger partial charge in [-0.15, -0.1) is 0 Å². The third kappa shape index (κ3) is 2.65. The van der Waals surface area contributed by atoms with E-state index in [1.54, 1.807) is 13.5 Å². The van der Waals surface area contributed by atoms with Crippen LogP contribution in [0.15, 0.2) is 22.7 Å². The minimum absolute atomic E-state index is 0.987. The molecule has 4 aliphatic rings. The summed E-state index contributed by atoms with van der Waals surface area (Å²) in [6, 6.07) is 6.41. The molecule has 0 aliphatic heterocycles. The van der Waals surface area contributed by atoms with Crippen molar-refractivity contribution in [3.8, 4) is 5.75 Å². The molecule has 0 atom stereocenters. The molecule has 0 saturated heterocycles. The second kappa shape index (κ2) is 5.61. The van der Waals surface area contributed by atoms with E-state index in [2.05, 4.69) is 34.1 Å². The molecule has 0 aromatic heterocycles. The topological polar surface area (TPSA) is 9.23 Å². The van der Waals surface area contributed by atoms with E-state index in [1.165, 1.54) is 48.6 Å². The maximum atomic E-state index is 5.54. The largest absolute Gasteiger partial charge is 0.496 e. The normalized spacial score (nSPS) is 37.0. The second-order valence-corrected chi connectivity index (χ2v) is 8.51. The molecule has 2 heteroatoms. The average Bonchev–Trinajstić information content (AvgIpc) is 2.46. The first-order valence-corrected chi connectivity index (χ1v) is 9.34. The lowest BCUT2D eigenvalue weighted by Crippen LogP contribution is -2.45. The molecule has 0 heterocycles. The minimum atomic E-state index is 0.987. The lowest BCUT2D eigenvalue weighted by Gasteiger charge is -2.54. The Bertz CT molecular complexity index is 496. The van der Waals surface area contributed by atoms with E-state index < -0.39 is 0 Å². The predicted molar refractivity (Wildman–Crippen MR) is 89.6 cm³/mol. The van der Waals surface area contributed by atoms with Crippen LogP contribution >= 0.6 is 15.9 Å². The molecule has 4 bridgehead atoms. The number of hydrogen-bond acceptors (Lipinski definition) is 1. The molecule has 5 rings (SSSR count). The van der Waals surface area contributed by atoms with Gasteiger partial charge in [0.2, 0.25) is 0 Å². The summed E-state index contributed by atoms with van der Waals surface area (Å²) in [6.45, 7) is 0. The van der Waals surface area contributed by atoms with Gasteiger partial charge >= 0.3 is 0 Å². The number of ether oxygens (including phenoxy) is 1. The van der Waals surface area contributed by atoms with Crippen molar-refractivity contribution in [2.24, 2.45) is 29.6 Å². The van der Waals surface area contributed by atoms with Crippen molar-refractivity contribution in [1.82, 2.24) is 0 Å². The summed E-state index contributed by atoms with van der Waals surface area (Å²) in [6.07, 6.45) is 10.2. The Morgan fingerprint density at radius 1 is 1.05 bits per heavy atom. The Kier molecular flexibility index (Phi) is 3.77. The van der Waals surface area contributed by atoms with E-state index in [4.69, 9.17) is 4.74 Å². The van der Waals surface area contributed by atoms with Gasteiger partial charge in [-0.2, -0.15) is 0 Å². The molecule has 4 fully saturated rings. The maximum absolute atomic E-state index is 5.54. The van der Waals surface area contributed by atoms with Gasteiger partial charge in [0.25, 0.3) is 0 Å². The van der Waals surface area contributed by atoms with E-state index >= 15 is 0 Å². The van der Waals surface area contributed by atoms with E-state index in [1.807, 2.05) is 0 Å². The van der Waals surface area contributed by atoms with Crippen molar-refractivity contribution in [1.29, 1.82) is 0 Å². The molecular formula is C19H25BrO. The van der Waals surface area contributed by atoms with Crippen LogP contribution in [0.25, 0.3) is 0 Å². The number of hydrogen-bond donors (Lipinski definition) is 0. The molecule has 1 aromatic rings. The molecule has 114 valence electrons. The highest BCUT2D eigenvalue weighted by Gasteiger charge is 2.47. The first kappa shape index (κ1) is 14.1. The highest BCUT2D eigenvalue weighted by Crippen LogP contribution is 2.57. The first-order valence-electron chi connectivity index (χ1n) is 8.55. The quantitative estimate of drug-likeness (QED) is 0.701. The molecule has 0 unspecified atom stereocenters. The summed E-state index contributed by atoms with van der Waals surface area (Å²) in [5, 5.41) is 0. The Morgan fingerprint density at radius 2 is 1.71 bits per heavy atom. The number of benzene rings is 1. The minimum Gasteiger partial charge on any atom is -0.496 e. The molecule has 4 aliphatic carbocycles. The van der Waals surface area contributed by atoms with Crippen LogP contribution in [-0.2, 0) is 6.42 Å². The molecule has 1 aromatic carbocycles. The highest BCUT2D eigenvalue weighted by molar-refractivity contribution is 9.10. The summed E-state index contributed by atoms with van der Waals surface area (Å²) in [5.74, 6) is 6.30. The molecule has 21 heavy (non-hydrogen) atoms. The van der Waals surface area contributed by atoms with Crippen LogP contribution in [0.4, 0.5) is 0 Å². The van der Waals surface area contributed by atoms with Gasteiger partial charge in [0.1, 0.15) is 5.75 Å². The van der Waals surface area contributed by atoms with Gasteiger partial charge in [0.05, 0.1) is 7.11 Å². The zero-order valence-electron chi connectivity index (χ0n) is 12.9. The fraction of sp³-hybridized carbons (Fsp3) is 0.684. The summed E-state index contributed by atoms with van der Waals surface area (Å²) in [7, 11) is 1.79. The lowest BCUT2D eigenvalue weighted by atomic mass is 9.51. The van der Waals surface area contributed by atoms with Gasteiger partial charge in [-0.25, -0.2) is 0 Å². The molecule has 1 nitrogen and oxygen atoms in total. The van der Waals surface area contributed by atoms with Gasteiger partial charge in [-0.05, 0) is 98.3 Å². The summed E-state index contributed by atoms with van der Waals surface area (Å²) < 4.78 is 6.71. The van der Waals surface area contributed by atoms with Gasteiger partial charge in [0, 0.05) is 4.47 Å². The molecule has 0 amide bonds. The second-order valence-electron chi connectivity index (χ2n) is 7.59. The van der Waals surface area contributed by atoms with Crippen molar-refractivity contribution in [2.75, 3.05) is 7.11 Å². The zero-order valence-corrected chi connectivity index (χ0v) is 14.4. The molecule has 0 radical (unpaired) electrons. The molecule has 0 spiro atoms. The van der Waals surface area contributed by atoms with Gasteiger partial charge in [-0.1, -0.05) is 15.9 Å². The van der Waals surface area contributed by atoms with Crippen LogP contribution < -0.4 is 4.74 Å². The summed E-state index contributed by atoms with van der Waals surface area (Å²) in [5.41, 5.74) is 1.38. The molecule has 0 N–H and O–H groups in total. The van der Waals surface area contributed by atoms with E-state index in [9.17, 15) is 0 Å². The monoisotopic (exact) mass is 348 g/mol. The van der Waals surface area contributed by atoms with Crippen LogP contribution in [0, 0.1) is 29.6 Å². The fourth-order valence-corrected chi connectivity index (χ4v) is 6.18. The van der Waals surface area contributed by atoms with E-state index in [-0.39, 0.29) is 0 Å². The van der Waals surface area contributed by atoms with Gasteiger partial charge < -0.3 is 4.74 Å². The SMILES string of the molecule is COc1ccc(Br)cc1CCC1C2CC3CC(C2)CC1C3. The molecule has 4 saturated carbocycles. The third-order valence-corrected chi connectivity index (χ3v) is 6.90. The standard InChI is InChI=1S/C19H25BrO/c1-21-19-5-3-17(20)11-14(19)2-4-18-15-7-12-6-13(9-15)10-16(18)8-12/h3,5,11-13,15-16,18H,2,4,6-10H2,1H3. The van der Waals surface area contributed by atoms with Crippen LogP contribution in [0.5, 0.6) is 5.75 Å². The Labute approximate surface area is 136 Å². The number of aryl methyl sites for hydroxylation is 1. The number of methoxy groups -OCH3 is 1. The van der Waals surface area contributed by atoms with Crippen LogP contribution in [0.3, 0.4) is 0 Å². The van der Waals surface area contributed by atoms with Crippen molar-refractivity contribution in [3.63, 3.8) is 0 Å². The maximum Gasteiger partial charge on any atom is 0.122 e. The highest BCUT2D eigenvalue weighted by atomic mass is 79.9. The van der Waals surface area contributed by atoms with Gasteiger partial charge in [0.15, 0.2) is 0 Å². The van der Waals surface area contributed by atoms with Crippen LogP contribution in [0.1, 0.15) is 44.1 Å². The van der Waals surface area contributed by atoms with Crippen molar-refractivity contribution >= 4 is 15.9 Å². The lowest BCUT2D eigenvalue weighted by molar-refractivity contribution is -0.0394. The van der Waals surface area contributed by atoms with Crippen LogP contribution in [-0.4, -0.2) is 7.11 Å². The van der Waals surface area contributed by atoms with Crippen molar-refractivity contribution in [3.05, 3.63) is 28.2 Å². The zero-order chi connectivity index (χ0) is 14.4. The Morgan fingerprint density at radius 3 is 2.33 bits per heavy atom. The Hall–Kier alpha value is -0.500. The third-order valence-electron chi connectivity index (χ3n) is 6.41. The Balaban J connectivity index is 1.46. The fourth-order valence-electron chi connectivity index (χ4n) is 5.77. The van der Waals surface area contributed by atoms with Gasteiger partial charge in [-0.3, -0.25) is 0 Å². The van der Waals surface area contributed by atoms with E-state index in [0.29, 0.717) is 0 Å². The number of rotatable bonds is 4. The van der Waals surface area contributed by atoms with Crippen molar-refractivity contribution < 1.29 is 4.74 Å². The predicted octanol–water partition coefficient (Wildman–Crippen LogP) is 5.46. The molecular weight excluding hydrogens is 324 g/mol.